The zero-order chi connectivity index (χ0) is 23.1. The zero-order valence-corrected chi connectivity index (χ0v) is 18.4. The van der Waals surface area contributed by atoms with Crippen LogP contribution >= 0.6 is 11.6 Å². The van der Waals surface area contributed by atoms with Gasteiger partial charge in [-0.3, -0.25) is 4.79 Å². The average Bonchev–Trinajstić information content (AvgIpc) is 3.51. The van der Waals surface area contributed by atoms with Gasteiger partial charge < -0.3 is 8.83 Å². The van der Waals surface area contributed by atoms with Gasteiger partial charge in [0, 0.05) is 16.0 Å². The molecular weight excluding hydrogens is 450 g/mol. The first kappa shape index (κ1) is 20.2. The van der Waals surface area contributed by atoms with E-state index in [1.165, 1.54) is 10.9 Å². The van der Waals surface area contributed by atoms with Crippen molar-refractivity contribution in [2.24, 2.45) is 5.10 Å². The quantitative estimate of drug-likeness (QED) is 0.275. The van der Waals surface area contributed by atoms with E-state index >= 15 is 0 Å². The largest absolute Gasteiger partial charge is 0.455 e. The molecule has 3 heterocycles. The van der Waals surface area contributed by atoms with E-state index in [-0.39, 0.29) is 11.4 Å². The topological polar surface area (TPSA) is 73.5 Å². The number of hydrogen-bond acceptors (Lipinski definition) is 5. The maximum atomic E-state index is 13.4. The Morgan fingerprint density at radius 3 is 2.56 bits per heavy atom. The molecule has 7 heteroatoms. The molecule has 0 radical (unpaired) electrons. The van der Waals surface area contributed by atoms with E-state index in [1.807, 2.05) is 42.5 Å². The summed E-state index contributed by atoms with van der Waals surface area (Å²) in [5.74, 6) is 1.89. The maximum Gasteiger partial charge on any atom is 0.282 e. The van der Waals surface area contributed by atoms with Gasteiger partial charge in [-0.1, -0.05) is 54.1 Å². The van der Waals surface area contributed by atoms with Crippen molar-refractivity contribution in [1.29, 1.82) is 0 Å². The van der Waals surface area contributed by atoms with Crippen molar-refractivity contribution in [3.8, 4) is 22.9 Å². The molecular formula is C27H16ClN3O3. The molecule has 0 saturated carbocycles. The van der Waals surface area contributed by atoms with E-state index < -0.39 is 0 Å². The van der Waals surface area contributed by atoms with Crippen molar-refractivity contribution in [1.82, 2.24) is 9.66 Å². The molecule has 34 heavy (non-hydrogen) atoms. The van der Waals surface area contributed by atoms with Gasteiger partial charge in [0.2, 0.25) is 5.82 Å². The van der Waals surface area contributed by atoms with Crippen LogP contribution in [-0.4, -0.2) is 15.9 Å². The number of furan rings is 2. The van der Waals surface area contributed by atoms with E-state index in [0.717, 1.165) is 10.9 Å². The SMILES string of the molecule is O=c1c2ccccc2nc(-c2cc3cc(Cl)ccc3o2)n1N=Cc1ccc(-c2ccccc2)o1. The second-order valence-corrected chi connectivity index (χ2v) is 8.11. The monoisotopic (exact) mass is 465 g/mol. The second-order valence-electron chi connectivity index (χ2n) is 7.67. The van der Waals surface area contributed by atoms with Gasteiger partial charge in [-0.2, -0.15) is 9.78 Å². The summed E-state index contributed by atoms with van der Waals surface area (Å²) in [5, 5.41) is 6.28. The van der Waals surface area contributed by atoms with E-state index in [1.54, 1.807) is 48.5 Å². The number of nitrogens with zero attached hydrogens (tertiary/aromatic N) is 3. The fraction of sp³-hybridized carbons (Fsp3) is 0. The lowest BCUT2D eigenvalue weighted by Crippen LogP contribution is -2.20. The van der Waals surface area contributed by atoms with Crippen LogP contribution in [0.1, 0.15) is 5.76 Å². The number of hydrogen-bond donors (Lipinski definition) is 0. The molecule has 0 spiro atoms. The van der Waals surface area contributed by atoms with Crippen LogP contribution in [0.5, 0.6) is 0 Å². The molecule has 0 amide bonds. The number of aromatic nitrogens is 2. The fourth-order valence-electron chi connectivity index (χ4n) is 3.81. The molecule has 0 unspecified atom stereocenters. The van der Waals surface area contributed by atoms with Crippen LogP contribution in [0.15, 0.2) is 110 Å². The summed E-state index contributed by atoms with van der Waals surface area (Å²) in [6.07, 6.45) is 1.49. The van der Waals surface area contributed by atoms with Gasteiger partial charge in [0.25, 0.3) is 5.56 Å². The van der Waals surface area contributed by atoms with Crippen molar-refractivity contribution in [3.05, 3.63) is 112 Å². The molecule has 6 rings (SSSR count). The van der Waals surface area contributed by atoms with Crippen LogP contribution < -0.4 is 5.56 Å². The van der Waals surface area contributed by atoms with Crippen LogP contribution in [-0.2, 0) is 0 Å². The van der Waals surface area contributed by atoms with Crippen LogP contribution in [0.4, 0.5) is 0 Å². The summed E-state index contributed by atoms with van der Waals surface area (Å²) in [4.78, 5) is 18.0. The highest BCUT2D eigenvalue weighted by atomic mass is 35.5. The highest BCUT2D eigenvalue weighted by molar-refractivity contribution is 6.31. The average molecular weight is 466 g/mol. The summed E-state index contributed by atoms with van der Waals surface area (Å²) in [6, 6.07) is 27.7. The lowest BCUT2D eigenvalue weighted by molar-refractivity contribution is 0.573. The molecule has 0 aliphatic carbocycles. The predicted molar refractivity (Wildman–Crippen MR) is 133 cm³/mol. The van der Waals surface area contributed by atoms with E-state index in [9.17, 15) is 4.79 Å². The number of benzene rings is 3. The van der Waals surface area contributed by atoms with Crippen molar-refractivity contribution < 1.29 is 8.83 Å². The standard InChI is InChI=1S/C27H16ClN3O3/c28-19-10-12-24-18(14-19)15-25(34-24)26-30-22-9-5-4-8-21(22)27(32)31(26)29-16-20-11-13-23(33-20)17-6-2-1-3-7-17/h1-16H. The number of halogens is 1. The number of fused-ring (bicyclic) bond motifs is 2. The summed E-state index contributed by atoms with van der Waals surface area (Å²) in [7, 11) is 0. The predicted octanol–water partition coefficient (Wildman–Crippen LogP) is 6.61. The Morgan fingerprint density at radius 1 is 0.853 bits per heavy atom. The van der Waals surface area contributed by atoms with Gasteiger partial charge in [-0.05, 0) is 48.5 Å². The van der Waals surface area contributed by atoms with Gasteiger partial charge in [0.15, 0.2) is 5.76 Å². The highest BCUT2D eigenvalue weighted by Gasteiger charge is 2.16. The van der Waals surface area contributed by atoms with E-state index in [4.69, 9.17) is 20.4 Å². The minimum absolute atomic E-state index is 0.280. The summed E-state index contributed by atoms with van der Waals surface area (Å²) < 4.78 is 13.1. The first-order valence-electron chi connectivity index (χ1n) is 10.6. The van der Waals surface area contributed by atoms with Crippen molar-refractivity contribution >= 4 is 39.7 Å². The smallest absolute Gasteiger partial charge is 0.282 e. The lowest BCUT2D eigenvalue weighted by Gasteiger charge is -2.06. The molecule has 6 nitrogen and oxygen atoms in total. The Kier molecular flexibility index (Phi) is 4.86. The molecule has 0 aliphatic heterocycles. The first-order chi connectivity index (χ1) is 16.7. The van der Waals surface area contributed by atoms with Crippen LogP contribution in [0.3, 0.4) is 0 Å². The molecule has 164 valence electrons. The molecule has 0 saturated heterocycles. The zero-order valence-electron chi connectivity index (χ0n) is 17.7. The Balaban J connectivity index is 1.49. The minimum Gasteiger partial charge on any atom is -0.455 e. The highest BCUT2D eigenvalue weighted by Crippen LogP contribution is 2.29. The van der Waals surface area contributed by atoms with Crippen molar-refractivity contribution in [2.45, 2.75) is 0 Å². The Morgan fingerprint density at radius 2 is 1.68 bits per heavy atom. The molecule has 0 atom stereocenters. The molecule has 0 fully saturated rings. The molecule has 6 aromatic rings. The second kappa shape index (κ2) is 8.17. The van der Waals surface area contributed by atoms with E-state index in [0.29, 0.717) is 38.8 Å². The van der Waals surface area contributed by atoms with E-state index in [2.05, 4.69) is 10.1 Å². The van der Waals surface area contributed by atoms with Gasteiger partial charge in [-0.25, -0.2) is 4.98 Å². The Labute approximate surface area is 198 Å². The minimum atomic E-state index is -0.315. The number of rotatable bonds is 4. The lowest BCUT2D eigenvalue weighted by atomic mass is 10.2. The first-order valence-corrected chi connectivity index (χ1v) is 10.9. The van der Waals surface area contributed by atoms with Crippen molar-refractivity contribution in [3.63, 3.8) is 0 Å². The fourth-order valence-corrected chi connectivity index (χ4v) is 3.99. The molecule has 0 N–H and O–H groups in total. The van der Waals surface area contributed by atoms with Gasteiger partial charge in [0.05, 0.1) is 17.1 Å². The summed E-state index contributed by atoms with van der Waals surface area (Å²) in [6.45, 7) is 0. The molecule has 3 aromatic heterocycles. The number of para-hydroxylation sites is 1. The molecule has 0 aliphatic rings. The van der Waals surface area contributed by atoms with Gasteiger partial charge in [0.1, 0.15) is 17.1 Å². The van der Waals surface area contributed by atoms with Crippen LogP contribution in [0.2, 0.25) is 5.02 Å². The van der Waals surface area contributed by atoms with Crippen LogP contribution in [0.25, 0.3) is 44.8 Å². The molecule has 0 bridgehead atoms. The third-order valence-corrected chi connectivity index (χ3v) is 5.67. The Bertz CT molecular complexity index is 1750. The van der Waals surface area contributed by atoms with Gasteiger partial charge in [-0.15, -0.1) is 0 Å². The van der Waals surface area contributed by atoms with Gasteiger partial charge >= 0.3 is 0 Å². The normalized spacial score (nSPS) is 11.7. The third-order valence-electron chi connectivity index (χ3n) is 5.44. The maximum absolute atomic E-state index is 13.4. The summed E-state index contributed by atoms with van der Waals surface area (Å²) >= 11 is 6.13. The summed E-state index contributed by atoms with van der Waals surface area (Å²) in [5.41, 5.74) is 1.83. The van der Waals surface area contributed by atoms with Crippen LogP contribution in [0, 0.1) is 0 Å². The van der Waals surface area contributed by atoms with Crippen molar-refractivity contribution in [2.75, 3.05) is 0 Å². The third kappa shape index (κ3) is 3.60. The Hall–Kier alpha value is -4.42. The molecule has 3 aromatic carbocycles.